The summed E-state index contributed by atoms with van der Waals surface area (Å²) in [6.07, 6.45) is 5.95. The lowest BCUT2D eigenvalue weighted by Gasteiger charge is -2.10. The second-order valence-corrected chi connectivity index (χ2v) is 5.10. The molecule has 1 rings (SSSR count). The minimum atomic E-state index is 0.145. The lowest BCUT2D eigenvalue weighted by Crippen LogP contribution is -2.25. The fourth-order valence-electron chi connectivity index (χ4n) is 2.18. The molecule has 0 heterocycles. The Kier molecular flexibility index (Phi) is 8.32. The molecule has 21 heavy (non-hydrogen) atoms. The Hall–Kier alpha value is -1.71. The van der Waals surface area contributed by atoms with Crippen LogP contribution < -0.4 is 14.8 Å². The molecule has 4 heteroatoms. The normalized spacial score (nSPS) is 10.2. The van der Waals surface area contributed by atoms with Gasteiger partial charge in [0.1, 0.15) is 0 Å². The van der Waals surface area contributed by atoms with Crippen molar-refractivity contribution in [1.82, 2.24) is 5.32 Å². The number of benzene rings is 1. The first-order valence-corrected chi connectivity index (χ1v) is 7.68. The van der Waals surface area contributed by atoms with Crippen LogP contribution in [0.25, 0.3) is 0 Å². The molecule has 0 aromatic heterocycles. The number of amides is 1. The van der Waals surface area contributed by atoms with E-state index in [2.05, 4.69) is 12.2 Å². The highest BCUT2D eigenvalue weighted by molar-refractivity contribution is 5.75. The number of ether oxygens (including phenoxy) is 2. The monoisotopic (exact) mass is 293 g/mol. The Bertz CT molecular complexity index is 432. The number of hydrogen-bond acceptors (Lipinski definition) is 3. The van der Waals surface area contributed by atoms with Crippen LogP contribution in [-0.4, -0.2) is 26.7 Å². The van der Waals surface area contributed by atoms with Gasteiger partial charge in [0.2, 0.25) is 5.91 Å². The quantitative estimate of drug-likeness (QED) is 0.673. The van der Waals surface area contributed by atoms with Gasteiger partial charge < -0.3 is 14.8 Å². The third-order valence-corrected chi connectivity index (χ3v) is 3.44. The standard InChI is InChI=1S/C17H27NO3/c1-4-5-6-7-8-17(19)18-12-11-14-9-10-15(20-2)16(13-14)21-3/h9-10,13H,4-8,11-12H2,1-3H3,(H,18,19). The van der Waals surface area contributed by atoms with Crippen LogP contribution in [0.5, 0.6) is 11.5 Å². The van der Waals surface area contributed by atoms with E-state index < -0.39 is 0 Å². The van der Waals surface area contributed by atoms with Gasteiger partial charge in [0.25, 0.3) is 0 Å². The van der Waals surface area contributed by atoms with E-state index >= 15 is 0 Å². The van der Waals surface area contributed by atoms with Crippen molar-refractivity contribution in [3.05, 3.63) is 23.8 Å². The molecular weight excluding hydrogens is 266 g/mol. The third-order valence-electron chi connectivity index (χ3n) is 3.44. The molecule has 0 aliphatic rings. The summed E-state index contributed by atoms with van der Waals surface area (Å²) in [6, 6.07) is 5.84. The van der Waals surface area contributed by atoms with Crippen molar-refractivity contribution >= 4 is 5.91 Å². The molecule has 0 aliphatic carbocycles. The number of rotatable bonds is 10. The summed E-state index contributed by atoms with van der Waals surface area (Å²) in [4.78, 5) is 11.7. The summed E-state index contributed by atoms with van der Waals surface area (Å²) in [5, 5.41) is 2.96. The Balaban J connectivity index is 2.30. The molecule has 0 aliphatic heterocycles. The number of carbonyl (C=O) groups excluding carboxylic acids is 1. The maximum Gasteiger partial charge on any atom is 0.220 e. The lowest BCUT2D eigenvalue weighted by molar-refractivity contribution is -0.121. The second-order valence-electron chi connectivity index (χ2n) is 5.10. The smallest absolute Gasteiger partial charge is 0.220 e. The summed E-state index contributed by atoms with van der Waals surface area (Å²) in [6.45, 7) is 2.82. The number of nitrogens with one attached hydrogen (secondary N) is 1. The largest absolute Gasteiger partial charge is 0.493 e. The zero-order valence-corrected chi connectivity index (χ0v) is 13.4. The van der Waals surface area contributed by atoms with Gasteiger partial charge in [-0.05, 0) is 30.5 Å². The Morgan fingerprint density at radius 1 is 1.10 bits per heavy atom. The molecule has 0 saturated carbocycles. The molecule has 1 aromatic carbocycles. The molecule has 0 fully saturated rings. The van der Waals surface area contributed by atoms with Crippen molar-refractivity contribution in [2.75, 3.05) is 20.8 Å². The van der Waals surface area contributed by atoms with E-state index in [1.165, 1.54) is 12.8 Å². The molecule has 4 nitrogen and oxygen atoms in total. The van der Waals surface area contributed by atoms with Gasteiger partial charge in [-0.3, -0.25) is 4.79 Å². The van der Waals surface area contributed by atoms with E-state index in [1.54, 1.807) is 14.2 Å². The predicted octanol–water partition coefficient (Wildman–Crippen LogP) is 3.33. The lowest BCUT2D eigenvalue weighted by atomic mass is 10.1. The highest BCUT2D eigenvalue weighted by atomic mass is 16.5. The van der Waals surface area contributed by atoms with Crippen LogP contribution in [0.1, 0.15) is 44.6 Å². The average Bonchev–Trinajstić information content (AvgIpc) is 2.51. The van der Waals surface area contributed by atoms with Gasteiger partial charge in [-0.25, -0.2) is 0 Å². The summed E-state index contributed by atoms with van der Waals surface area (Å²) in [5.41, 5.74) is 1.12. The van der Waals surface area contributed by atoms with E-state index in [0.29, 0.717) is 13.0 Å². The third kappa shape index (κ3) is 6.52. The summed E-state index contributed by atoms with van der Waals surface area (Å²) in [7, 11) is 3.25. The molecule has 118 valence electrons. The van der Waals surface area contributed by atoms with Crippen LogP contribution in [0, 0.1) is 0 Å². The number of methoxy groups -OCH3 is 2. The van der Waals surface area contributed by atoms with E-state index in [0.717, 1.165) is 36.3 Å². The van der Waals surface area contributed by atoms with E-state index in [-0.39, 0.29) is 5.91 Å². The van der Waals surface area contributed by atoms with E-state index in [4.69, 9.17) is 9.47 Å². The van der Waals surface area contributed by atoms with Gasteiger partial charge in [-0.1, -0.05) is 32.3 Å². The van der Waals surface area contributed by atoms with Crippen LogP contribution >= 0.6 is 0 Å². The highest BCUT2D eigenvalue weighted by Crippen LogP contribution is 2.27. The van der Waals surface area contributed by atoms with Gasteiger partial charge in [0.15, 0.2) is 11.5 Å². The van der Waals surface area contributed by atoms with Crippen molar-refractivity contribution in [1.29, 1.82) is 0 Å². The van der Waals surface area contributed by atoms with Crippen LogP contribution in [0.2, 0.25) is 0 Å². The molecule has 0 unspecified atom stereocenters. The summed E-state index contributed by atoms with van der Waals surface area (Å²) < 4.78 is 10.5. The van der Waals surface area contributed by atoms with Crippen LogP contribution in [0.15, 0.2) is 18.2 Å². The summed E-state index contributed by atoms with van der Waals surface area (Å²) >= 11 is 0. The van der Waals surface area contributed by atoms with Crippen molar-refractivity contribution in [3.63, 3.8) is 0 Å². The molecule has 0 bridgehead atoms. The molecular formula is C17H27NO3. The molecule has 0 spiro atoms. The Morgan fingerprint density at radius 2 is 1.86 bits per heavy atom. The second kappa shape index (κ2) is 10.1. The SMILES string of the molecule is CCCCCCC(=O)NCCc1ccc(OC)c(OC)c1. The van der Waals surface area contributed by atoms with Crippen molar-refractivity contribution in [3.8, 4) is 11.5 Å². The maximum atomic E-state index is 11.7. The minimum absolute atomic E-state index is 0.145. The Morgan fingerprint density at radius 3 is 2.52 bits per heavy atom. The number of carbonyl (C=O) groups is 1. The van der Waals surface area contributed by atoms with Crippen LogP contribution in [-0.2, 0) is 11.2 Å². The summed E-state index contributed by atoms with van der Waals surface area (Å²) in [5.74, 6) is 1.59. The first-order chi connectivity index (χ1) is 10.2. The maximum absolute atomic E-state index is 11.7. The van der Waals surface area contributed by atoms with Crippen LogP contribution in [0.3, 0.4) is 0 Å². The average molecular weight is 293 g/mol. The first-order valence-electron chi connectivity index (χ1n) is 7.68. The fourth-order valence-corrected chi connectivity index (χ4v) is 2.18. The number of unbranched alkanes of at least 4 members (excludes halogenated alkanes) is 3. The molecule has 0 atom stereocenters. The van der Waals surface area contributed by atoms with Crippen molar-refractivity contribution in [2.24, 2.45) is 0 Å². The molecule has 0 saturated heterocycles. The van der Waals surface area contributed by atoms with Crippen molar-refractivity contribution in [2.45, 2.75) is 45.4 Å². The van der Waals surface area contributed by atoms with Gasteiger partial charge >= 0.3 is 0 Å². The first kappa shape index (κ1) is 17.3. The Labute approximate surface area is 127 Å². The minimum Gasteiger partial charge on any atom is -0.493 e. The predicted molar refractivity (Wildman–Crippen MR) is 85.0 cm³/mol. The zero-order valence-electron chi connectivity index (χ0n) is 13.4. The zero-order chi connectivity index (χ0) is 15.5. The molecule has 1 aromatic rings. The topological polar surface area (TPSA) is 47.6 Å². The molecule has 1 amide bonds. The highest BCUT2D eigenvalue weighted by Gasteiger charge is 2.05. The van der Waals surface area contributed by atoms with Crippen molar-refractivity contribution < 1.29 is 14.3 Å². The molecule has 1 N–H and O–H groups in total. The molecule has 0 radical (unpaired) electrons. The van der Waals surface area contributed by atoms with Crippen LogP contribution in [0.4, 0.5) is 0 Å². The van der Waals surface area contributed by atoms with Gasteiger partial charge in [-0.2, -0.15) is 0 Å². The van der Waals surface area contributed by atoms with E-state index in [9.17, 15) is 4.79 Å². The van der Waals surface area contributed by atoms with E-state index in [1.807, 2.05) is 18.2 Å². The van der Waals surface area contributed by atoms with Gasteiger partial charge in [0, 0.05) is 13.0 Å². The van der Waals surface area contributed by atoms with Gasteiger partial charge in [-0.15, -0.1) is 0 Å². The van der Waals surface area contributed by atoms with Gasteiger partial charge in [0.05, 0.1) is 14.2 Å². The fraction of sp³-hybridized carbons (Fsp3) is 0.588. The number of hydrogen-bond donors (Lipinski definition) is 1.